The highest BCUT2D eigenvalue weighted by atomic mass is 16.3. The third kappa shape index (κ3) is 4.27. The lowest BCUT2D eigenvalue weighted by Crippen LogP contribution is -2.39. The zero-order chi connectivity index (χ0) is 18.4. The molecule has 0 atom stereocenters. The Bertz CT molecular complexity index is 895. The third-order valence-electron chi connectivity index (χ3n) is 3.79. The van der Waals surface area contributed by atoms with Gasteiger partial charge in [-0.2, -0.15) is 0 Å². The van der Waals surface area contributed by atoms with Gasteiger partial charge in [0.05, 0.1) is 6.54 Å². The van der Waals surface area contributed by atoms with E-state index in [0.29, 0.717) is 11.4 Å². The Morgan fingerprint density at radius 2 is 1.50 bits per heavy atom. The van der Waals surface area contributed by atoms with E-state index in [1.807, 2.05) is 48.5 Å². The van der Waals surface area contributed by atoms with Crippen LogP contribution < -0.4 is 10.2 Å². The third-order valence-corrected chi connectivity index (χ3v) is 3.79. The van der Waals surface area contributed by atoms with Gasteiger partial charge in [0, 0.05) is 17.4 Å². The van der Waals surface area contributed by atoms with Crippen molar-refractivity contribution in [1.29, 1.82) is 0 Å². The van der Waals surface area contributed by atoms with Gasteiger partial charge in [0.2, 0.25) is 0 Å². The van der Waals surface area contributed by atoms with Crippen LogP contribution in [0.1, 0.15) is 5.56 Å². The van der Waals surface area contributed by atoms with Crippen LogP contribution in [0.4, 0.5) is 11.4 Å². The van der Waals surface area contributed by atoms with Crippen molar-refractivity contribution in [3.63, 3.8) is 0 Å². The minimum atomic E-state index is -0.768. The first-order valence-corrected chi connectivity index (χ1v) is 8.14. The zero-order valence-electron chi connectivity index (χ0n) is 14.0. The predicted molar refractivity (Wildman–Crippen MR) is 101 cm³/mol. The number of rotatable bonds is 4. The molecule has 0 saturated carbocycles. The van der Waals surface area contributed by atoms with E-state index >= 15 is 0 Å². The van der Waals surface area contributed by atoms with Gasteiger partial charge in [-0.3, -0.25) is 14.5 Å². The Morgan fingerprint density at radius 3 is 2.15 bits per heavy atom. The SMILES string of the molecule is O=C(Nc1cccc(O)c1)C(=O)N(Cc1ccccc1)c1ccccc1. The van der Waals surface area contributed by atoms with Crippen LogP contribution in [0, 0.1) is 0 Å². The molecule has 0 aliphatic rings. The monoisotopic (exact) mass is 346 g/mol. The molecule has 5 nitrogen and oxygen atoms in total. The number of benzene rings is 3. The van der Waals surface area contributed by atoms with E-state index in [-0.39, 0.29) is 12.3 Å². The molecular formula is C21H18N2O3. The minimum absolute atomic E-state index is 0.0134. The molecule has 0 fully saturated rings. The highest BCUT2D eigenvalue weighted by molar-refractivity contribution is 6.44. The lowest BCUT2D eigenvalue weighted by Gasteiger charge is -2.22. The fourth-order valence-electron chi connectivity index (χ4n) is 2.55. The molecule has 3 aromatic rings. The van der Waals surface area contributed by atoms with Crippen molar-refractivity contribution < 1.29 is 14.7 Å². The topological polar surface area (TPSA) is 69.6 Å². The molecule has 2 N–H and O–H groups in total. The van der Waals surface area contributed by atoms with Gasteiger partial charge < -0.3 is 10.4 Å². The number of nitrogens with zero attached hydrogens (tertiary/aromatic N) is 1. The zero-order valence-corrected chi connectivity index (χ0v) is 14.0. The van der Waals surface area contributed by atoms with Crippen molar-refractivity contribution >= 4 is 23.2 Å². The Hall–Kier alpha value is -3.60. The summed E-state index contributed by atoms with van der Waals surface area (Å²) >= 11 is 0. The summed E-state index contributed by atoms with van der Waals surface area (Å²) < 4.78 is 0. The molecule has 0 radical (unpaired) electrons. The number of anilines is 2. The molecule has 5 heteroatoms. The molecule has 130 valence electrons. The van der Waals surface area contributed by atoms with Crippen LogP contribution in [-0.2, 0) is 16.1 Å². The number of phenols is 1. The van der Waals surface area contributed by atoms with E-state index in [2.05, 4.69) is 5.32 Å². The van der Waals surface area contributed by atoms with Gasteiger partial charge in [0.25, 0.3) is 0 Å². The molecule has 2 amide bonds. The molecule has 3 aromatic carbocycles. The number of nitrogens with one attached hydrogen (secondary N) is 1. The first-order valence-electron chi connectivity index (χ1n) is 8.14. The molecule has 0 heterocycles. The number of phenolic OH excluding ortho intramolecular Hbond substituents is 1. The summed E-state index contributed by atoms with van der Waals surface area (Å²) in [6, 6.07) is 24.6. The summed E-state index contributed by atoms with van der Waals surface area (Å²) in [6.45, 7) is 0.275. The molecule has 26 heavy (non-hydrogen) atoms. The average Bonchev–Trinajstić information content (AvgIpc) is 2.67. The fourth-order valence-corrected chi connectivity index (χ4v) is 2.55. The first kappa shape index (κ1) is 17.2. The van der Waals surface area contributed by atoms with Crippen molar-refractivity contribution in [3.8, 4) is 5.75 Å². The van der Waals surface area contributed by atoms with Gasteiger partial charge in [-0.1, -0.05) is 54.6 Å². The average molecular weight is 346 g/mol. The van der Waals surface area contributed by atoms with Crippen LogP contribution in [-0.4, -0.2) is 16.9 Å². The molecule has 0 spiro atoms. The highest BCUT2D eigenvalue weighted by Crippen LogP contribution is 2.19. The van der Waals surface area contributed by atoms with Gasteiger partial charge in [-0.05, 0) is 29.8 Å². The Balaban J connectivity index is 1.83. The number of carbonyl (C=O) groups excluding carboxylic acids is 2. The summed E-state index contributed by atoms with van der Waals surface area (Å²) in [5.41, 5.74) is 1.90. The number of amides is 2. The van der Waals surface area contributed by atoms with E-state index in [1.165, 1.54) is 17.0 Å². The van der Waals surface area contributed by atoms with Crippen LogP contribution in [0.3, 0.4) is 0 Å². The number of carbonyl (C=O) groups is 2. The molecule has 0 aliphatic carbocycles. The number of para-hydroxylation sites is 1. The van der Waals surface area contributed by atoms with Gasteiger partial charge in [-0.25, -0.2) is 0 Å². The van der Waals surface area contributed by atoms with Crippen LogP contribution in [0.15, 0.2) is 84.9 Å². The Morgan fingerprint density at radius 1 is 0.846 bits per heavy atom. The minimum Gasteiger partial charge on any atom is -0.508 e. The second-order valence-electron chi connectivity index (χ2n) is 5.72. The van der Waals surface area contributed by atoms with Crippen molar-refractivity contribution in [2.45, 2.75) is 6.54 Å². The van der Waals surface area contributed by atoms with Gasteiger partial charge in [0.1, 0.15) is 5.75 Å². The van der Waals surface area contributed by atoms with Gasteiger partial charge >= 0.3 is 11.8 Å². The smallest absolute Gasteiger partial charge is 0.316 e. The molecular weight excluding hydrogens is 328 g/mol. The second-order valence-corrected chi connectivity index (χ2v) is 5.72. The molecule has 0 saturated heterocycles. The van der Waals surface area contributed by atoms with E-state index in [1.54, 1.807) is 24.3 Å². The van der Waals surface area contributed by atoms with E-state index < -0.39 is 11.8 Å². The molecule has 3 rings (SSSR count). The largest absolute Gasteiger partial charge is 0.508 e. The summed E-state index contributed by atoms with van der Waals surface area (Å²) in [5.74, 6) is -1.43. The Kier molecular flexibility index (Phi) is 5.29. The number of hydrogen-bond donors (Lipinski definition) is 2. The maximum atomic E-state index is 12.8. The lowest BCUT2D eigenvalue weighted by molar-refractivity contribution is -0.134. The Labute approximate surface area is 151 Å². The fraction of sp³-hybridized carbons (Fsp3) is 0.0476. The lowest BCUT2D eigenvalue weighted by atomic mass is 10.2. The van der Waals surface area contributed by atoms with E-state index in [4.69, 9.17) is 0 Å². The highest BCUT2D eigenvalue weighted by Gasteiger charge is 2.23. The molecule has 0 aliphatic heterocycles. The standard InChI is InChI=1S/C21H18N2O3/c24-19-13-7-10-17(14-19)22-20(25)21(26)23(18-11-5-2-6-12-18)15-16-8-3-1-4-9-16/h1-14,24H,15H2,(H,22,25). The van der Waals surface area contributed by atoms with Crippen LogP contribution in [0.25, 0.3) is 0 Å². The maximum absolute atomic E-state index is 12.8. The quantitative estimate of drug-likeness (QED) is 0.710. The second kappa shape index (κ2) is 7.98. The summed E-state index contributed by atoms with van der Waals surface area (Å²) in [7, 11) is 0. The number of hydrogen-bond acceptors (Lipinski definition) is 3. The van der Waals surface area contributed by atoms with E-state index in [0.717, 1.165) is 5.56 Å². The molecule has 0 aromatic heterocycles. The van der Waals surface area contributed by atoms with Crippen LogP contribution in [0.2, 0.25) is 0 Å². The van der Waals surface area contributed by atoms with Crippen molar-refractivity contribution in [2.24, 2.45) is 0 Å². The van der Waals surface area contributed by atoms with Crippen molar-refractivity contribution in [1.82, 2.24) is 0 Å². The summed E-state index contributed by atoms with van der Waals surface area (Å²) in [6.07, 6.45) is 0. The summed E-state index contributed by atoms with van der Waals surface area (Å²) in [4.78, 5) is 26.7. The maximum Gasteiger partial charge on any atom is 0.316 e. The summed E-state index contributed by atoms with van der Waals surface area (Å²) in [5, 5.41) is 12.0. The number of aromatic hydroxyl groups is 1. The van der Waals surface area contributed by atoms with Crippen molar-refractivity contribution in [2.75, 3.05) is 10.2 Å². The van der Waals surface area contributed by atoms with Crippen LogP contribution in [0.5, 0.6) is 5.75 Å². The molecule has 0 unspecified atom stereocenters. The van der Waals surface area contributed by atoms with Crippen LogP contribution >= 0.6 is 0 Å². The predicted octanol–water partition coefficient (Wildman–Crippen LogP) is 3.56. The van der Waals surface area contributed by atoms with Gasteiger partial charge in [0.15, 0.2) is 0 Å². The van der Waals surface area contributed by atoms with E-state index in [9.17, 15) is 14.7 Å². The van der Waals surface area contributed by atoms with Gasteiger partial charge in [-0.15, -0.1) is 0 Å². The normalized spacial score (nSPS) is 10.2. The van der Waals surface area contributed by atoms with Crippen molar-refractivity contribution in [3.05, 3.63) is 90.5 Å². The first-order chi connectivity index (χ1) is 12.6. The molecule has 0 bridgehead atoms.